The summed E-state index contributed by atoms with van der Waals surface area (Å²) in [5.74, 6) is -0.428. The maximum atomic E-state index is 12.6. The molecule has 0 radical (unpaired) electrons. The first-order valence-electron chi connectivity index (χ1n) is 5.40. The molecular weight excluding hydrogens is 207 g/mol. The third-order valence-corrected chi connectivity index (χ3v) is 2.35. The lowest BCUT2D eigenvalue weighted by atomic mass is 10.2. The highest BCUT2D eigenvalue weighted by Gasteiger charge is 2.04. The van der Waals surface area contributed by atoms with E-state index in [1.165, 1.54) is 24.3 Å². The van der Waals surface area contributed by atoms with Gasteiger partial charge in [-0.1, -0.05) is 6.92 Å². The predicted molar refractivity (Wildman–Crippen MR) is 62.8 cm³/mol. The number of hydrogen-bond acceptors (Lipinski definition) is 2. The van der Waals surface area contributed by atoms with Gasteiger partial charge in [0.1, 0.15) is 5.82 Å². The van der Waals surface area contributed by atoms with Crippen LogP contribution >= 0.6 is 0 Å². The summed E-state index contributed by atoms with van der Waals surface area (Å²) in [7, 11) is 0. The molecule has 4 heteroatoms. The first kappa shape index (κ1) is 12.6. The summed E-state index contributed by atoms with van der Waals surface area (Å²) in [4.78, 5) is 11.5. The Labute approximate surface area is 95.0 Å². The Bertz CT molecular complexity index is 337. The Morgan fingerprint density at radius 3 is 2.56 bits per heavy atom. The number of nitrogens with one attached hydrogen (secondary N) is 2. The molecule has 0 fully saturated rings. The minimum absolute atomic E-state index is 0.119. The van der Waals surface area contributed by atoms with Crippen molar-refractivity contribution in [2.75, 3.05) is 11.9 Å². The predicted octanol–water partition coefficient (Wildman–Crippen LogP) is 2.15. The second-order valence-corrected chi connectivity index (χ2v) is 3.75. The van der Waals surface area contributed by atoms with Crippen LogP contribution < -0.4 is 10.6 Å². The van der Waals surface area contributed by atoms with Gasteiger partial charge >= 0.3 is 0 Å². The van der Waals surface area contributed by atoms with E-state index in [-0.39, 0.29) is 18.3 Å². The zero-order chi connectivity index (χ0) is 12.0. The van der Waals surface area contributed by atoms with Gasteiger partial charge in [0.2, 0.25) is 5.91 Å². The average Bonchev–Trinajstić information content (AvgIpc) is 2.29. The van der Waals surface area contributed by atoms with Crippen LogP contribution in [0.15, 0.2) is 24.3 Å². The third-order valence-electron chi connectivity index (χ3n) is 2.35. The van der Waals surface area contributed by atoms with Crippen LogP contribution in [0, 0.1) is 5.82 Å². The number of amides is 1. The van der Waals surface area contributed by atoms with Crippen LogP contribution in [0.3, 0.4) is 0 Å². The summed E-state index contributed by atoms with van der Waals surface area (Å²) in [6.07, 6.45) is 0.976. The van der Waals surface area contributed by atoms with Crippen LogP contribution in [-0.2, 0) is 4.79 Å². The Morgan fingerprint density at radius 1 is 1.38 bits per heavy atom. The number of halogens is 1. The van der Waals surface area contributed by atoms with Crippen LogP contribution in [-0.4, -0.2) is 18.5 Å². The van der Waals surface area contributed by atoms with Crippen molar-refractivity contribution >= 4 is 11.6 Å². The molecule has 0 aromatic heterocycles. The Hall–Kier alpha value is -1.42. The fourth-order valence-electron chi connectivity index (χ4n) is 1.15. The standard InChI is InChI=1S/C12H17FN2O/c1-3-9(2)14-8-12(16)15-11-6-4-10(13)5-7-11/h4-7,9,14H,3,8H2,1-2H3,(H,15,16)/t9-/m1/s1. The molecule has 0 unspecified atom stereocenters. The topological polar surface area (TPSA) is 41.1 Å². The fraction of sp³-hybridized carbons (Fsp3) is 0.417. The first-order chi connectivity index (χ1) is 7.61. The molecule has 0 saturated carbocycles. The van der Waals surface area contributed by atoms with Gasteiger partial charge in [-0.3, -0.25) is 4.79 Å². The molecule has 1 aromatic carbocycles. The van der Waals surface area contributed by atoms with E-state index in [0.29, 0.717) is 11.7 Å². The second kappa shape index (κ2) is 6.23. The molecule has 1 atom stereocenters. The minimum Gasteiger partial charge on any atom is -0.325 e. The van der Waals surface area contributed by atoms with Crippen molar-refractivity contribution in [3.63, 3.8) is 0 Å². The van der Waals surface area contributed by atoms with E-state index < -0.39 is 0 Å². The normalized spacial score (nSPS) is 12.2. The van der Waals surface area contributed by atoms with E-state index >= 15 is 0 Å². The molecule has 1 rings (SSSR count). The lowest BCUT2D eigenvalue weighted by Crippen LogP contribution is -2.33. The van der Waals surface area contributed by atoms with E-state index in [4.69, 9.17) is 0 Å². The molecule has 0 aliphatic carbocycles. The molecule has 0 bridgehead atoms. The fourth-order valence-corrected chi connectivity index (χ4v) is 1.15. The first-order valence-corrected chi connectivity index (χ1v) is 5.40. The number of carbonyl (C=O) groups is 1. The number of benzene rings is 1. The van der Waals surface area contributed by atoms with E-state index in [1.54, 1.807) is 0 Å². The van der Waals surface area contributed by atoms with Crippen LogP contribution in [0.2, 0.25) is 0 Å². The molecular formula is C12H17FN2O. The molecule has 1 aromatic rings. The van der Waals surface area contributed by atoms with Gasteiger partial charge in [-0.25, -0.2) is 4.39 Å². The molecule has 3 nitrogen and oxygen atoms in total. The van der Waals surface area contributed by atoms with Gasteiger partial charge in [0.25, 0.3) is 0 Å². The SMILES string of the molecule is CC[C@@H](C)NCC(=O)Nc1ccc(F)cc1. The molecule has 0 aliphatic heterocycles. The lowest BCUT2D eigenvalue weighted by Gasteiger charge is -2.11. The van der Waals surface area contributed by atoms with E-state index in [9.17, 15) is 9.18 Å². The Morgan fingerprint density at radius 2 is 2.00 bits per heavy atom. The summed E-state index contributed by atoms with van der Waals surface area (Å²) in [6.45, 7) is 4.34. The van der Waals surface area contributed by atoms with Crippen LogP contribution in [0.1, 0.15) is 20.3 Å². The highest BCUT2D eigenvalue weighted by Crippen LogP contribution is 2.07. The number of rotatable bonds is 5. The average molecular weight is 224 g/mol. The summed E-state index contributed by atoms with van der Waals surface area (Å²) in [6, 6.07) is 6.03. The largest absolute Gasteiger partial charge is 0.325 e. The zero-order valence-electron chi connectivity index (χ0n) is 9.59. The molecule has 0 heterocycles. The molecule has 0 spiro atoms. The highest BCUT2D eigenvalue weighted by molar-refractivity contribution is 5.92. The monoisotopic (exact) mass is 224 g/mol. The van der Waals surface area contributed by atoms with Gasteiger partial charge in [0.05, 0.1) is 6.54 Å². The minimum atomic E-state index is -0.310. The zero-order valence-corrected chi connectivity index (χ0v) is 9.59. The summed E-state index contributed by atoms with van der Waals surface area (Å²) >= 11 is 0. The quantitative estimate of drug-likeness (QED) is 0.804. The maximum Gasteiger partial charge on any atom is 0.238 e. The van der Waals surface area contributed by atoms with Crippen molar-refractivity contribution in [2.45, 2.75) is 26.3 Å². The smallest absolute Gasteiger partial charge is 0.238 e. The van der Waals surface area contributed by atoms with Crippen molar-refractivity contribution in [1.82, 2.24) is 5.32 Å². The van der Waals surface area contributed by atoms with Gasteiger partial charge in [0, 0.05) is 11.7 Å². The number of anilines is 1. The van der Waals surface area contributed by atoms with Crippen LogP contribution in [0.5, 0.6) is 0 Å². The van der Waals surface area contributed by atoms with Gasteiger partial charge in [0.15, 0.2) is 0 Å². The van der Waals surface area contributed by atoms with E-state index in [0.717, 1.165) is 6.42 Å². The van der Waals surface area contributed by atoms with Gasteiger partial charge in [-0.15, -0.1) is 0 Å². The molecule has 2 N–H and O–H groups in total. The van der Waals surface area contributed by atoms with Crippen molar-refractivity contribution in [3.05, 3.63) is 30.1 Å². The third kappa shape index (κ3) is 4.40. The van der Waals surface area contributed by atoms with Crippen molar-refractivity contribution in [1.29, 1.82) is 0 Å². The van der Waals surface area contributed by atoms with Crippen LogP contribution in [0.4, 0.5) is 10.1 Å². The molecule has 88 valence electrons. The van der Waals surface area contributed by atoms with Crippen molar-refractivity contribution < 1.29 is 9.18 Å². The Kier molecular flexibility index (Phi) is 4.92. The highest BCUT2D eigenvalue weighted by atomic mass is 19.1. The second-order valence-electron chi connectivity index (χ2n) is 3.75. The molecule has 0 aliphatic rings. The van der Waals surface area contributed by atoms with E-state index in [1.807, 2.05) is 6.92 Å². The van der Waals surface area contributed by atoms with Crippen LogP contribution in [0.25, 0.3) is 0 Å². The molecule has 1 amide bonds. The van der Waals surface area contributed by atoms with Crippen molar-refractivity contribution in [3.8, 4) is 0 Å². The number of carbonyl (C=O) groups excluding carboxylic acids is 1. The number of hydrogen-bond donors (Lipinski definition) is 2. The lowest BCUT2D eigenvalue weighted by molar-refractivity contribution is -0.115. The molecule has 16 heavy (non-hydrogen) atoms. The van der Waals surface area contributed by atoms with E-state index in [2.05, 4.69) is 17.6 Å². The van der Waals surface area contributed by atoms with Gasteiger partial charge < -0.3 is 10.6 Å². The van der Waals surface area contributed by atoms with Gasteiger partial charge in [-0.05, 0) is 37.6 Å². The van der Waals surface area contributed by atoms with Crippen molar-refractivity contribution in [2.24, 2.45) is 0 Å². The van der Waals surface area contributed by atoms with Gasteiger partial charge in [-0.2, -0.15) is 0 Å². The summed E-state index contributed by atoms with van der Waals surface area (Å²) in [5.41, 5.74) is 0.609. The maximum absolute atomic E-state index is 12.6. The summed E-state index contributed by atoms with van der Waals surface area (Å²) < 4.78 is 12.6. The molecule has 0 saturated heterocycles. The summed E-state index contributed by atoms with van der Waals surface area (Å²) in [5, 5.41) is 5.76. The Balaban J connectivity index is 2.37.